The average Bonchev–Trinajstić information content (AvgIpc) is 3.02. The Labute approximate surface area is 150 Å². The van der Waals surface area contributed by atoms with E-state index >= 15 is 0 Å². The van der Waals surface area contributed by atoms with Gasteiger partial charge in [-0.25, -0.2) is 15.0 Å². The summed E-state index contributed by atoms with van der Waals surface area (Å²) in [6.45, 7) is 0. The van der Waals surface area contributed by atoms with Crippen molar-refractivity contribution in [2.45, 2.75) is 12.8 Å². The molecule has 0 aliphatic heterocycles. The Bertz CT molecular complexity index is 1260. The highest BCUT2D eigenvalue weighted by Crippen LogP contribution is 2.25. The van der Waals surface area contributed by atoms with Crippen LogP contribution in [0.1, 0.15) is 11.6 Å². The highest BCUT2D eigenvalue weighted by atomic mass is 15.1. The lowest BCUT2D eigenvalue weighted by atomic mass is 10.1. The van der Waals surface area contributed by atoms with E-state index in [1.807, 2.05) is 12.1 Å². The fraction of sp³-hybridized carbons (Fsp3) is 0.143. The number of fused-ring (bicyclic) bond motifs is 4. The monoisotopic (exact) mass is 339 g/mol. The van der Waals surface area contributed by atoms with Gasteiger partial charge in [-0.2, -0.15) is 0 Å². The zero-order valence-corrected chi connectivity index (χ0v) is 14.4. The Balaban J connectivity index is 1.50. The fourth-order valence-electron chi connectivity index (χ4n) is 3.45. The van der Waals surface area contributed by atoms with Gasteiger partial charge in [0.05, 0.1) is 22.7 Å². The minimum Gasteiger partial charge on any atom is -0.331 e. The minimum absolute atomic E-state index is 0.750. The first kappa shape index (κ1) is 15.0. The molecular formula is C21H17N5. The molecule has 5 heteroatoms. The van der Waals surface area contributed by atoms with Crippen LogP contribution in [0.25, 0.3) is 32.8 Å². The number of aromatic nitrogens is 5. The van der Waals surface area contributed by atoms with Crippen molar-refractivity contribution in [3.8, 4) is 0 Å². The van der Waals surface area contributed by atoms with Crippen molar-refractivity contribution < 1.29 is 0 Å². The first-order valence-corrected chi connectivity index (χ1v) is 8.69. The molecule has 0 radical (unpaired) electrons. The molecule has 5 aromatic rings. The van der Waals surface area contributed by atoms with Crippen molar-refractivity contribution in [1.29, 1.82) is 0 Å². The summed E-state index contributed by atoms with van der Waals surface area (Å²) in [4.78, 5) is 18.2. The summed E-state index contributed by atoms with van der Waals surface area (Å²) in [5.41, 5.74) is 3.92. The number of imidazole rings is 1. The molecule has 0 saturated carbocycles. The molecule has 0 spiro atoms. The SMILES string of the molecule is Cn1c(CCc2ncc3ncccc3n2)nc2c3ccccc3ccc21. The van der Waals surface area contributed by atoms with Gasteiger partial charge in [-0.3, -0.25) is 4.98 Å². The van der Waals surface area contributed by atoms with Crippen molar-refractivity contribution in [3.63, 3.8) is 0 Å². The Morgan fingerprint density at radius 1 is 0.846 bits per heavy atom. The fourth-order valence-corrected chi connectivity index (χ4v) is 3.45. The van der Waals surface area contributed by atoms with Crippen molar-refractivity contribution in [2.24, 2.45) is 7.05 Å². The van der Waals surface area contributed by atoms with Gasteiger partial charge in [-0.1, -0.05) is 30.3 Å². The van der Waals surface area contributed by atoms with E-state index in [0.717, 1.165) is 46.6 Å². The summed E-state index contributed by atoms with van der Waals surface area (Å²) < 4.78 is 2.17. The van der Waals surface area contributed by atoms with Gasteiger partial charge in [-0.05, 0) is 23.6 Å². The van der Waals surface area contributed by atoms with E-state index in [2.05, 4.69) is 63.0 Å². The first-order valence-electron chi connectivity index (χ1n) is 8.69. The van der Waals surface area contributed by atoms with Crippen LogP contribution >= 0.6 is 0 Å². The zero-order chi connectivity index (χ0) is 17.5. The van der Waals surface area contributed by atoms with Crippen LogP contribution in [0.3, 0.4) is 0 Å². The third kappa shape index (κ3) is 2.40. The maximum atomic E-state index is 4.91. The van der Waals surface area contributed by atoms with E-state index < -0.39 is 0 Å². The second-order valence-corrected chi connectivity index (χ2v) is 6.44. The summed E-state index contributed by atoms with van der Waals surface area (Å²) in [6, 6.07) is 16.5. The number of pyridine rings is 1. The van der Waals surface area contributed by atoms with Crippen molar-refractivity contribution >= 4 is 32.8 Å². The topological polar surface area (TPSA) is 56.5 Å². The summed E-state index contributed by atoms with van der Waals surface area (Å²) in [5, 5.41) is 2.41. The molecule has 5 rings (SSSR count). The van der Waals surface area contributed by atoms with Gasteiger partial charge in [0.15, 0.2) is 0 Å². The van der Waals surface area contributed by atoms with Crippen molar-refractivity contribution in [2.75, 3.05) is 0 Å². The summed E-state index contributed by atoms with van der Waals surface area (Å²) >= 11 is 0. The molecule has 0 atom stereocenters. The van der Waals surface area contributed by atoms with Crippen LogP contribution in [-0.4, -0.2) is 24.5 Å². The summed E-state index contributed by atoms with van der Waals surface area (Å²) in [5.74, 6) is 1.87. The van der Waals surface area contributed by atoms with Gasteiger partial charge in [0, 0.05) is 31.5 Å². The lowest BCUT2D eigenvalue weighted by molar-refractivity contribution is 0.762. The molecule has 0 fully saturated rings. The number of nitrogens with zero attached hydrogens (tertiary/aromatic N) is 5. The second kappa shape index (κ2) is 5.88. The van der Waals surface area contributed by atoms with E-state index in [-0.39, 0.29) is 0 Å². The third-order valence-electron chi connectivity index (χ3n) is 4.84. The molecule has 0 saturated heterocycles. The predicted octanol–water partition coefficient (Wildman–Crippen LogP) is 3.85. The Hall–Kier alpha value is -3.34. The largest absolute Gasteiger partial charge is 0.331 e. The first-order chi connectivity index (χ1) is 12.8. The van der Waals surface area contributed by atoms with Crippen LogP contribution in [0.4, 0.5) is 0 Å². The molecule has 5 nitrogen and oxygen atoms in total. The average molecular weight is 339 g/mol. The van der Waals surface area contributed by atoms with E-state index in [0.29, 0.717) is 0 Å². The van der Waals surface area contributed by atoms with Crippen LogP contribution < -0.4 is 0 Å². The standard InChI is InChI=1S/C21H17N5/c1-26-18-9-8-14-5-2-3-6-15(14)21(18)25-20(26)11-10-19-23-13-17-16(24-19)7-4-12-22-17/h2-9,12-13H,10-11H2,1H3. The summed E-state index contributed by atoms with van der Waals surface area (Å²) in [6.07, 6.45) is 5.10. The number of benzene rings is 2. The van der Waals surface area contributed by atoms with Crippen LogP contribution in [0.15, 0.2) is 60.9 Å². The molecule has 2 aromatic carbocycles. The van der Waals surface area contributed by atoms with Gasteiger partial charge >= 0.3 is 0 Å². The lowest BCUT2D eigenvalue weighted by Crippen LogP contribution is -2.03. The molecule has 3 aromatic heterocycles. The molecule has 0 aliphatic carbocycles. The number of hydrogen-bond acceptors (Lipinski definition) is 4. The van der Waals surface area contributed by atoms with Crippen LogP contribution in [0.2, 0.25) is 0 Å². The molecule has 0 N–H and O–H groups in total. The quantitative estimate of drug-likeness (QED) is 0.501. The van der Waals surface area contributed by atoms with Crippen LogP contribution in [0.5, 0.6) is 0 Å². The predicted molar refractivity (Wildman–Crippen MR) is 103 cm³/mol. The molecule has 126 valence electrons. The zero-order valence-electron chi connectivity index (χ0n) is 14.4. The second-order valence-electron chi connectivity index (χ2n) is 6.44. The summed E-state index contributed by atoms with van der Waals surface area (Å²) in [7, 11) is 2.07. The van der Waals surface area contributed by atoms with E-state index in [4.69, 9.17) is 4.98 Å². The number of hydrogen-bond donors (Lipinski definition) is 0. The molecule has 3 heterocycles. The number of rotatable bonds is 3. The highest BCUT2D eigenvalue weighted by Gasteiger charge is 2.11. The number of aryl methyl sites for hydroxylation is 3. The van der Waals surface area contributed by atoms with Crippen LogP contribution in [0, 0.1) is 0 Å². The van der Waals surface area contributed by atoms with E-state index in [9.17, 15) is 0 Å². The Morgan fingerprint density at radius 2 is 1.77 bits per heavy atom. The molecule has 26 heavy (non-hydrogen) atoms. The maximum Gasteiger partial charge on any atom is 0.129 e. The van der Waals surface area contributed by atoms with Crippen molar-refractivity contribution in [1.82, 2.24) is 24.5 Å². The molecule has 0 unspecified atom stereocenters. The molecule has 0 bridgehead atoms. The van der Waals surface area contributed by atoms with Gasteiger partial charge in [0.25, 0.3) is 0 Å². The molecular weight excluding hydrogens is 322 g/mol. The van der Waals surface area contributed by atoms with Gasteiger partial charge in [-0.15, -0.1) is 0 Å². The third-order valence-corrected chi connectivity index (χ3v) is 4.84. The normalized spacial score (nSPS) is 11.6. The van der Waals surface area contributed by atoms with Crippen molar-refractivity contribution in [3.05, 3.63) is 72.6 Å². The minimum atomic E-state index is 0.750. The van der Waals surface area contributed by atoms with Gasteiger partial charge in [0.1, 0.15) is 17.2 Å². The van der Waals surface area contributed by atoms with Crippen LogP contribution in [-0.2, 0) is 19.9 Å². The van der Waals surface area contributed by atoms with E-state index in [1.165, 1.54) is 10.8 Å². The molecule has 0 amide bonds. The van der Waals surface area contributed by atoms with Gasteiger partial charge in [0.2, 0.25) is 0 Å². The lowest BCUT2D eigenvalue weighted by Gasteiger charge is -2.03. The molecule has 0 aliphatic rings. The van der Waals surface area contributed by atoms with E-state index in [1.54, 1.807) is 12.4 Å². The smallest absolute Gasteiger partial charge is 0.129 e. The Morgan fingerprint density at radius 3 is 2.73 bits per heavy atom. The maximum absolute atomic E-state index is 4.91. The van der Waals surface area contributed by atoms with Gasteiger partial charge < -0.3 is 4.57 Å². The Kier molecular flexibility index (Phi) is 3.38. The highest BCUT2D eigenvalue weighted by molar-refractivity contribution is 6.04.